The first kappa shape index (κ1) is 21.6. The van der Waals surface area contributed by atoms with Crippen LogP contribution < -0.4 is 15.5 Å². The number of nitrogens with zero attached hydrogens (tertiary/aromatic N) is 1. The smallest absolute Gasteiger partial charge is 0.275 e. The van der Waals surface area contributed by atoms with Crippen LogP contribution in [0, 0.1) is 0 Å². The van der Waals surface area contributed by atoms with E-state index in [1.165, 1.54) is 18.3 Å². The molecule has 0 aromatic heterocycles. The Kier molecular flexibility index (Phi) is 7.37. The van der Waals surface area contributed by atoms with Crippen LogP contribution in [-0.2, 0) is 4.79 Å². The van der Waals surface area contributed by atoms with E-state index in [0.29, 0.717) is 5.75 Å². The van der Waals surface area contributed by atoms with E-state index in [4.69, 9.17) is 4.74 Å². The van der Waals surface area contributed by atoms with E-state index < -0.39 is 5.91 Å². The van der Waals surface area contributed by atoms with Gasteiger partial charge in [0, 0.05) is 0 Å². The number of ether oxygens (including phenoxy) is 1. The highest BCUT2D eigenvalue weighted by Crippen LogP contribution is 2.15. The molecule has 7 nitrogen and oxygen atoms in total. The summed E-state index contributed by atoms with van der Waals surface area (Å²) >= 11 is 0. The van der Waals surface area contributed by atoms with Gasteiger partial charge in [-0.15, -0.1) is 0 Å². The molecule has 158 valence electrons. The number of phenols is 1. The largest absolute Gasteiger partial charge is 0.507 e. The van der Waals surface area contributed by atoms with Gasteiger partial charge in [0.25, 0.3) is 11.8 Å². The highest BCUT2D eigenvalue weighted by Gasteiger charge is 2.10. The lowest BCUT2D eigenvalue weighted by Crippen LogP contribution is -2.31. The molecule has 3 N–H and O–H groups in total. The third kappa shape index (κ3) is 6.43. The van der Waals surface area contributed by atoms with Gasteiger partial charge in [0.1, 0.15) is 11.5 Å². The molecule has 0 fully saturated rings. The standard InChI is InChI=1S/C24H23N3O4/c1-17(19-7-3-2-4-8-19)26-23(29)16-31-20-13-11-18(12-14-20)15-25-27-24(30)21-9-5-6-10-22(21)28/h2-15,17,28H,16H2,1H3,(H,26,29)(H,27,30)/b25-15+. The number of benzene rings is 3. The molecule has 3 aromatic rings. The van der Waals surface area contributed by atoms with Crippen LogP contribution in [0.4, 0.5) is 0 Å². The predicted octanol–water partition coefficient (Wildman–Crippen LogP) is 3.41. The van der Waals surface area contributed by atoms with Crippen molar-refractivity contribution < 1.29 is 19.4 Å². The van der Waals surface area contributed by atoms with Crippen LogP contribution in [0.25, 0.3) is 0 Å². The minimum Gasteiger partial charge on any atom is -0.507 e. The predicted molar refractivity (Wildman–Crippen MR) is 118 cm³/mol. The summed E-state index contributed by atoms with van der Waals surface area (Å²) in [6.45, 7) is 1.82. The van der Waals surface area contributed by atoms with Gasteiger partial charge in [0.15, 0.2) is 6.61 Å². The van der Waals surface area contributed by atoms with E-state index >= 15 is 0 Å². The number of para-hydroxylation sites is 1. The molecule has 0 bridgehead atoms. The second-order valence-electron chi connectivity index (χ2n) is 6.77. The van der Waals surface area contributed by atoms with Crippen LogP contribution in [-0.4, -0.2) is 29.7 Å². The summed E-state index contributed by atoms with van der Waals surface area (Å²) in [6.07, 6.45) is 1.47. The lowest BCUT2D eigenvalue weighted by molar-refractivity contribution is -0.123. The normalized spacial score (nSPS) is 11.6. The quantitative estimate of drug-likeness (QED) is 0.386. The van der Waals surface area contributed by atoms with Gasteiger partial charge >= 0.3 is 0 Å². The number of hydrogen-bond donors (Lipinski definition) is 3. The lowest BCUT2D eigenvalue weighted by Gasteiger charge is -2.14. The summed E-state index contributed by atoms with van der Waals surface area (Å²) in [5.41, 5.74) is 4.25. The number of aromatic hydroxyl groups is 1. The number of rotatable bonds is 8. The fourth-order valence-corrected chi connectivity index (χ4v) is 2.80. The molecule has 2 amide bonds. The molecular weight excluding hydrogens is 394 g/mol. The molecule has 0 spiro atoms. The Hall–Kier alpha value is -4.13. The molecule has 0 heterocycles. The van der Waals surface area contributed by atoms with Crippen molar-refractivity contribution in [1.82, 2.24) is 10.7 Å². The third-order valence-electron chi connectivity index (χ3n) is 4.46. The molecule has 3 rings (SSSR count). The molecule has 7 heteroatoms. The maximum Gasteiger partial charge on any atom is 0.275 e. The molecule has 1 atom stereocenters. The SMILES string of the molecule is CC(NC(=O)COc1ccc(/C=N/NC(=O)c2ccccc2O)cc1)c1ccccc1. The maximum absolute atomic E-state index is 12.1. The molecule has 0 saturated heterocycles. The summed E-state index contributed by atoms with van der Waals surface area (Å²) in [7, 11) is 0. The molecule has 0 aliphatic rings. The van der Waals surface area contributed by atoms with Crippen molar-refractivity contribution in [1.29, 1.82) is 0 Å². The van der Waals surface area contributed by atoms with Crippen molar-refractivity contribution in [2.75, 3.05) is 6.61 Å². The topological polar surface area (TPSA) is 100 Å². The molecule has 3 aromatic carbocycles. The second kappa shape index (κ2) is 10.6. The van der Waals surface area contributed by atoms with E-state index in [9.17, 15) is 14.7 Å². The zero-order chi connectivity index (χ0) is 22.1. The van der Waals surface area contributed by atoms with Gasteiger partial charge < -0.3 is 15.2 Å². The van der Waals surface area contributed by atoms with Crippen LogP contribution >= 0.6 is 0 Å². The molecule has 0 saturated carbocycles. The van der Waals surface area contributed by atoms with Crippen LogP contribution in [0.2, 0.25) is 0 Å². The van der Waals surface area contributed by atoms with Gasteiger partial charge in [0.2, 0.25) is 0 Å². The Bertz CT molecular complexity index is 1050. The van der Waals surface area contributed by atoms with Crippen molar-refractivity contribution in [2.24, 2.45) is 5.10 Å². The Morgan fingerprint density at radius 1 is 1.00 bits per heavy atom. The van der Waals surface area contributed by atoms with E-state index in [-0.39, 0.29) is 29.9 Å². The average molecular weight is 417 g/mol. The minimum atomic E-state index is -0.509. The van der Waals surface area contributed by atoms with Crippen molar-refractivity contribution >= 4 is 18.0 Å². The second-order valence-corrected chi connectivity index (χ2v) is 6.77. The van der Waals surface area contributed by atoms with Crippen molar-refractivity contribution in [3.8, 4) is 11.5 Å². The number of hydrogen-bond acceptors (Lipinski definition) is 5. The molecule has 0 aliphatic heterocycles. The number of hydrazone groups is 1. The summed E-state index contributed by atoms with van der Waals surface area (Å²) in [6, 6.07) is 22.7. The first-order chi connectivity index (χ1) is 15.0. The zero-order valence-electron chi connectivity index (χ0n) is 17.0. The molecule has 31 heavy (non-hydrogen) atoms. The Balaban J connectivity index is 1.45. The molecule has 0 radical (unpaired) electrons. The summed E-state index contributed by atoms with van der Waals surface area (Å²) < 4.78 is 5.52. The van der Waals surface area contributed by atoms with Crippen LogP contribution in [0.5, 0.6) is 11.5 Å². The van der Waals surface area contributed by atoms with Crippen LogP contribution in [0.1, 0.15) is 34.5 Å². The fourth-order valence-electron chi connectivity index (χ4n) is 2.80. The highest BCUT2D eigenvalue weighted by atomic mass is 16.5. The maximum atomic E-state index is 12.1. The van der Waals surface area contributed by atoms with Gasteiger partial charge in [-0.05, 0) is 54.4 Å². The average Bonchev–Trinajstić information content (AvgIpc) is 2.79. The van der Waals surface area contributed by atoms with Gasteiger partial charge in [-0.2, -0.15) is 5.10 Å². The van der Waals surface area contributed by atoms with Crippen molar-refractivity contribution in [2.45, 2.75) is 13.0 Å². The van der Waals surface area contributed by atoms with Crippen LogP contribution in [0.15, 0.2) is 84.0 Å². The first-order valence-electron chi connectivity index (χ1n) is 9.71. The third-order valence-corrected chi connectivity index (χ3v) is 4.46. The first-order valence-corrected chi connectivity index (χ1v) is 9.71. The van der Waals surface area contributed by atoms with Gasteiger partial charge in [0.05, 0.1) is 17.8 Å². The van der Waals surface area contributed by atoms with E-state index in [1.807, 2.05) is 37.3 Å². The summed E-state index contributed by atoms with van der Waals surface area (Å²) in [4.78, 5) is 24.1. The number of carbonyl (C=O) groups excluding carboxylic acids is 2. The molecule has 1 unspecified atom stereocenters. The van der Waals surface area contributed by atoms with E-state index in [0.717, 1.165) is 11.1 Å². The van der Waals surface area contributed by atoms with Crippen molar-refractivity contribution in [3.05, 3.63) is 95.6 Å². The highest BCUT2D eigenvalue weighted by molar-refractivity contribution is 5.97. The fraction of sp³-hybridized carbons (Fsp3) is 0.125. The monoisotopic (exact) mass is 417 g/mol. The Morgan fingerprint density at radius 2 is 1.68 bits per heavy atom. The van der Waals surface area contributed by atoms with Crippen molar-refractivity contribution in [3.63, 3.8) is 0 Å². The van der Waals surface area contributed by atoms with Gasteiger partial charge in [-0.1, -0.05) is 42.5 Å². The number of carbonyl (C=O) groups is 2. The Labute approximate surface area is 180 Å². The van der Waals surface area contributed by atoms with Gasteiger partial charge in [-0.25, -0.2) is 5.43 Å². The number of phenolic OH excluding ortho intramolecular Hbond substituents is 1. The molecule has 0 aliphatic carbocycles. The van der Waals surface area contributed by atoms with E-state index in [1.54, 1.807) is 36.4 Å². The number of nitrogens with one attached hydrogen (secondary N) is 2. The lowest BCUT2D eigenvalue weighted by atomic mass is 10.1. The summed E-state index contributed by atoms with van der Waals surface area (Å²) in [5.74, 6) is -0.296. The Morgan fingerprint density at radius 3 is 2.39 bits per heavy atom. The molecular formula is C24H23N3O4. The summed E-state index contributed by atoms with van der Waals surface area (Å²) in [5, 5.41) is 16.4. The van der Waals surface area contributed by atoms with Gasteiger partial charge in [-0.3, -0.25) is 9.59 Å². The minimum absolute atomic E-state index is 0.0960. The zero-order valence-corrected chi connectivity index (χ0v) is 17.0. The number of amides is 2. The van der Waals surface area contributed by atoms with Crippen LogP contribution in [0.3, 0.4) is 0 Å². The van der Waals surface area contributed by atoms with E-state index in [2.05, 4.69) is 15.8 Å².